The number of aromatic nitrogens is 1. The molecule has 0 aliphatic carbocycles. The van der Waals surface area contributed by atoms with Gasteiger partial charge in [-0.25, -0.2) is 4.98 Å². The maximum Gasteiger partial charge on any atom is 0.433 e. The number of hydrogen-bond acceptors (Lipinski definition) is 2. The quantitative estimate of drug-likeness (QED) is 0.153. The maximum absolute atomic E-state index is 13.8. The lowest BCUT2D eigenvalue weighted by molar-refractivity contribution is -0.141. The average Bonchev–Trinajstić information content (AvgIpc) is 3.24. The van der Waals surface area contributed by atoms with E-state index in [2.05, 4.69) is 132 Å². The Bertz CT molecular complexity index is 2670. The summed E-state index contributed by atoms with van der Waals surface area (Å²) >= 11 is 0. The number of fused-ring (bicyclic) bond motifs is 2. The minimum absolute atomic E-state index is 0.182. The third kappa shape index (κ3) is 6.51. The van der Waals surface area contributed by atoms with E-state index in [9.17, 15) is 13.2 Å². The van der Waals surface area contributed by atoms with Crippen LogP contribution in [-0.2, 0) is 6.18 Å². The van der Waals surface area contributed by atoms with Gasteiger partial charge < -0.3 is 0 Å². The summed E-state index contributed by atoms with van der Waals surface area (Å²) in [6.45, 7) is 0. The molecule has 0 aliphatic rings. The van der Waals surface area contributed by atoms with Gasteiger partial charge in [-0.15, -0.1) is 0 Å². The summed E-state index contributed by atoms with van der Waals surface area (Å²) < 4.78 is 41.3. The third-order valence-electron chi connectivity index (χ3n) is 10.0. The second-order valence-electron chi connectivity index (χ2n) is 13.5. The third-order valence-corrected chi connectivity index (χ3v) is 10.0. The van der Waals surface area contributed by atoms with Gasteiger partial charge >= 0.3 is 6.18 Å². The molecule has 0 atom stereocenters. The van der Waals surface area contributed by atoms with E-state index in [0.717, 1.165) is 72.1 Å². The van der Waals surface area contributed by atoms with E-state index in [1.165, 1.54) is 6.07 Å². The van der Waals surface area contributed by atoms with Crippen LogP contribution in [0.15, 0.2) is 200 Å². The molecule has 1 heterocycles. The summed E-state index contributed by atoms with van der Waals surface area (Å²) in [6.07, 6.45) is -4.57. The van der Waals surface area contributed by atoms with Gasteiger partial charge in [-0.1, -0.05) is 146 Å². The Kier molecular flexibility index (Phi) is 8.68. The summed E-state index contributed by atoms with van der Waals surface area (Å²) in [5.41, 5.74) is 9.41. The summed E-state index contributed by atoms with van der Waals surface area (Å²) in [7, 11) is 0. The van der Waals surface area contributed by atoms with Gasteiger partial charge in [0.2, 0.25) is 0 Å². The van der Waals surface area contributed by atoms with Crippen molar-refractivity contribution in [1.29, 1.82) is 0 Å². The first-order valence-electron chi connectivity index (χ1n) is 18.1. The Morgan fingerprint density at radius 3 is 1.25 bits per heavy atom. The summed E-state index contributed by atoms with van der Waals surface area (Å²) in [6, 6.07) is 66.3. The molecule has 5 heteroatoms. The van der Waals surface area contributed by atoms with Crippen molar-refractivity contribution < 1.29 is 13.2 Å². The molecule has 0 amide bonds. The van der Waals surface area contributed by atoms with Gasteiger partial charge in [-0.3, -0.25) is 4.90 Å². The molecular formula is C50H33F3N2. The second-order valence-corrected chi connectivity index (χ2v) is 13.5. The number of nitrogens with zero attached hydrogens (tertiary/aromatic N) is 2. The fraction of sp³-hybridized carbons (Fsp3) is 0.0200. The molecule has 0 saturated heterocycles. The summed E-state index contributed by atoms with van der Waals surface area (Å²) in [5, 5.41) is 4.47. The molecule has 0 radical (unpaired) electrons. The van der Waals surface area contributed by atoms with Crippen molar-refractivity contribution in [3.63, 3.8) is 0 Å². The Labute approximate surface area is 317 Å². The zero-order valence-electron chi connectivity index (χ0n) is 29.6. The first-order chi connectivity index (χ1) is 26.9. The topological polar surface area (TPSA) is 16.1 Å². The highest BCUT2D eigenvalue weighted by Crippen LogP contribution is 2.46. The molecule has 0 unspecified atom stereocenters. The molecule has 0 N–H and O–H groups in total. The fourth-order valence-corrected chi connectivity index (χ4v) is 7.59. The fourth-order valence-electron chi connectivity index (χ4n) is 7.59. The van der Waals surface area contributed by atoms with Gasteiger partial charge in [0.1, 0.15) is 11.5 Å². The van der Waals surface area contributed by atoms with Crippen molar-refractivity contribution in [1.82, 2.24) is 4.98 Å². The molecule has 1 aromatic heterocycles. The SMILES string of the molecule is FC(F)(F)c1cccc(N(c2ccccc2)c2ccc(-c3c4ccccc4c(-c4cc(-c5ccccc5)cc(-c5ccccc5)c4)c4ccccc34)cc2)n1. The van der Waals surface area contributed by atoms with Crippen molar-refractivity contribution in [3.05, 3.63) is 206 Å². The lowest BCUT2D eigenvalue weighted by Crippen LogP contribution is -2.15. The number of benzene rings is 8. The lowest BCUT2D eigenvalue weighted by Gasteiger charge is -2.25. The largest absolute Gasteiger partial charge is 0.433 e. The van der Waals surface area contributed by atoms with E-state index in [1.807, 2.05) is 54.6 Å². The van der Waals surface area contributed by atoms with E-state index >= 15 is 0 Å². The Balaban J connectivity index is 1.23. The normalized spacial score (nSPS) is 11.5. The van der Waals surface area contributed by atoms with Crippen molar-refractivity contribution >= 4 is 38.7 Å². The van der Waals surface area contributed by atoms with Crippen LogP contribution in [0.5, 0.6) is 0 Å². The smallest absolute Gasteiger partial charge is 0.295 e. The van der Waals surface area contributed by atoms with E-state index in [1.54, 1.807) is 11.0 Å². The van der Waals surface area contributed by atoms with Crippen LogP contribution in [0.25, 0.3) is 66.1 Å². The predicted octanol–water partition coefficient (Wildman–Crippen LogP) is 14.5. The van der Waals surface area contributed by atoms with Gasteiger partial charge in [0.25, 0.3) is 0 Å². The monoisotopic (exact) mass is 718 g/mol. The van der Waals surface area contributed by atoms with E-state index in [4.69, 9.17) is 0 Å². The van der Waals surface area contributed by atoms with Gasteiger partial charge in [-0.2, -0.15) is 13.2 Å². The number of hydrogen-bond donors (Lipinski definition) is 0. The van der Waals surface area contributed by atoms with Gasteiger partial charge in [0.15, 0.2) is 0 Å². The highest BCUT2D eigenvalue weighted by molar-refractivity contribution is 6.21. The molecule has 0 fully saturated rings. The highest BCUT2D eigenvalue weighted by Gasteiger charge is 2.33. The first kappa shape index (κ1) is 33.8. The van der Waals surface area contributed by atoms with Crippen LogP contribution in [0.3, 0.4) is 0 Å². The predicted molar refractivity (Wildman–Crippen MR) is 221 cm³/mol. The molecule has 55 heavy (non-hydrogen) atoms. The van der Waals surface area contributed by atoms with Crippen LogP contribution in [0, 0.1) is 0 Å². The Hall–Kier alpha value is -6.98. The van der Waals surface area contributed by atoms with Crippen molar-refractivity contribution in [2.24, 2.45) is 0 Å². The van der Waals surface area contributed by atoms with Gasteiger partial charge in [0, 0.05) is 11.4 Å². The average molecular weight is 719 g/mol. The van der Waals surface area contributed by atoms with Crippen LogP contribution in [0.2, 0.25) is 0 Å². The molecule has 264 valence electrons. The second kappa shape index (κ2) is 14.1. The first-order valence-corrected chi connectivity index (χ1v) is 18.1. The maximum atomic E-state index is 13.8. The summed E-state index contributed by atoms with van der Waals surface area (Å²) in [5.74, 6) is 0.182. The van der Waals surface area contributed by atoms with Crippen LogP contribution >= 0.6 is 0 Å². The number of rotatable bonds is 7. The van der Waals surface area contributed by atoms with Crippen LogP contribution < -0.4 is 4.90 Å². The minimum Gasteiger partial charge on any atom is -0.295 e. The zero-order chi connectivity index (χ0) is 37.4. The molecule has 8 aromatic carbocycles. The number of para-hydroxylation sites is 1. The molecule has 2 nitrogen and oxygen atoms in total. The molecule has 0 spiro atoms. The molecule has 0 bridgehead atoms. The highest BCUT2D eigenvalue weighted by atomic mass is 19.4. The van der Waals surface area contributed by atoms with Crippen molar-refractivity contribution in [2.45, 2.75) is 6.18 Å². The van der Waals surface area contributed by atoms with Crippen LogP contribution in [0.4, 0.5) is 30.4 Å². The molecular weight excluding hydrogens is 686 g/mol. The lowest BCUT2D eigenvalue weighted by atomic mass is 9.84. The minimum atomic E-state index is -4.57. The zero-order valence-corrected chi connectivity index (χ0v) is 29.6. The molecule has 0 aliphatic heterocycles. The van der Waals surface area contributed by atoms with E-state index < -0.39 is 11.9 Å². The van der Waals surface area contributed by atoms with E-state index in [-0.39, 0.29) is 5.82 Å². The van der Waals surface area contributed by atoms with Gasteiger partial charge in [0.05, 0.1) is 0 Å². The number of pyridine rings is 1. The number of halogens is 3. The van der Waals surface area contributed by atoms with Gasteiger partial charge in [-0.05, 0) is 121 Å². The number of alkyl halides is 3. The summed E-state index contributed by atoms with van der Waals surface area (Å²) in [4.78, 5) is 5.80. The van der Waals surface area contributed by atoms with Crippen molar-refractivity contribution in [2.75, 3.05) is 4.90 Å². The van der Waals surface area contributed by atoms with E-state index in [0.29, 0.717) is 11.4 Å². The standard InChI is InChI=1S/C50H33F3N2/c51-50(52,53)46-25-14-26-47(54-46)55(40-19-8-3-9-20-40)41-29-27-36(28-30-41)48-42-21-10-12-23-44(42)49(45-24-13-11-22-43(45)48)39-32-37(34-15-4-1-5-16-34)31-38(33-39)35-17-6-2-7-18-35/h1-33H. The number of anilines is 3. The molecule has 0 saturated carbocycles. The van der Waals surface area contributed by atoms with Crippen molar-refractivity contribution in [3.8, 4) is 44.5 Å². The Morgan fingerprint density at radius 2 is 0.764 bits per heavy atom. The molecule has 9 rings (SSSR count). The van der Waals surface area contributed by atoms with Crippen LogP contribution in [-0.4, -0.2) is 4.98 Å². The van der Waals surface area contributed by atoms with Crippen LogP contribution in [0.1, 0.15) is 5.69 Å². The molecule has 9 aromatic rings. The Morgan fingerprint density at radius 1 is 0.345 bits per heavy atom.